The number of H-pyrrole nitrogens is 1. The van der Waals surface area contributed by atoms with Crippen LogP contribution in [0.25, 0.3) is 16.6 Å². The van der Waals surface area contributed by atoms with Crippen LogP contribution in [0.4, 0.5) is 0 Å². The van der Waals surface area contributed by atoms with Gasteiger partial charge in [-0.3, -0.25) is 14.7 Å². The standard InChI is InChI=1S/C25H27N7O2/c33-24(20-12-19-15-27-29-23(19)26-14-20)31-9-4-17(5-10-31)18-6-11-32-22(13-18)21(16-28-32)25(34)30-7-2-1-3-8-30/h6,11-17H,1-5,7-10H2,(H,26,27,29). The van der Waals surface area contributed by atoms with Crippen LogP contribution in [0.15, 0.2) is 43.0 Å². The van der Waals surface area contributed by atoms with Crippen molar-refractivity contribution in [3.05, 3.63) is 59.7 Å². The highest BCUT2D eigenvalue weighted by Crippen LogP contribution is 2.30. The molecule has 9 heteroatoms. The smallest absolute Gasteiger partial charge is 0.257 e. The van der Waals surface area contributed by atoms with Crippen molar-refractivity contribution in [3.63, 3.8) is 0 Å². The quantitative estimate of drug-likeness (QED) is 0.509. The first-order valence-corrected chi connectivity index (χ1v) is 12.0. The molecule has 2 aliphatic rings. The maximum Gasteiger partial charge on any atom is 0.257 e. The molecule has 1 N–H and O–H groups in total. The second-order valence-corrected chi connectivity index (χ2v) is 9.30. The van der Waals surface area contributed by atoms with Gasteiger partial charge in [0, 0.05) is 44.0 Å². The van der Waals surface area contributed by atoms with E-state index in [9.17, 15) is 9.59 Å². The van der Waals surface area contributed by atoms with Crippen LogP contribution in [0.3, 0.4) is 0 Å². The van der Waals surface area contributed by atoms with Crippen molar-refractivity contribution in [3.8, 4) is 0 Å². The Bertz CT molecular complexity index is 1360. The zero-order valence-corrected chi connectivity index (χ0v) is 19.0. The molecule has 0 atom stereocenters. The third-order valence-electron chi connectivity index (χ3n) is 7.21. The van der Waals surface area contributed by atoms with Gasteiger partial charge in [-0.25, -0.2) is 9.50 Å². The van der Waals surface area contributed by atoms with E-state index in [2.05, 4.69) is 32.4 Å². The molecular weight excluding hydrogens is 430 g/mol. The minimum Gasteiger partial charge on any atom is -0.339 e. The number of carbonyl (C=O) groups is 2. The molecule has 4 aromatic rings. The van der Waals surface area contributed by atoms with Crippen molar-refractivity contribution in [2.24, 2.45) is 0 Å². The van der Waals surface area contributed by atoms with E-state index in [1.807, 2.05) is 22.1 Å². The van der Waals surface area contributed by atoms with Gasteiger partial charge in [-0.15, -0.1) is 0 Å². The summed E-state index contributed by atoms with van der Waals surface area (Å²) in [6, 6.07) is 6.05. The first-order valence-electron chi connectivity index (χ1n) is 12.0. The van der Waals surface area contributed by atoms with Gasteiger partial charge in [0.15, 0.2) is 5.65 Å². The molecular formula is C25H27N7O2. The van der Waals surface area contributed by atoms with Crippen LogP contribution in [-0.4, -0.2) is 72.6 Å². The van der Waals surface area contributed by atoms with Crippen molar-refractivity contribution in [1.82, 2.24) is 34.6 Å². The van der Waals surface area contributed by atoms with Gasteiger partial charge >= 0.3 is 0 Å². The van der Waals surface area contributed by atoms with Crippen LogP contribution in [0.1, 0.15) is 64.3 Å². The summed E-state index contributed by atoms with van der Waals surface area (Å²) in [6.07, 6.45) is 12.0. The predicted octanol–water partition coefficient (Wildman–Crippen LogP) is 3.25. The Kier molecular flexibility index (Phi) is 5.24. The molecule has 0 bridgehead atoms. The highest BCUT2D eigenvalue weighted by Gasteiger charge is 2.26. The molecule has 34 heavy (non-hydrogen) atoms. The number of aromatic amines is 1. The Hall–Kier alpha value is -3.75. The van der Waals surface area contributed by atoms with Gasteiger partial charge in [0.05, 0.1) is 29.0 Å². The normalized spacial score (nSPS) is 17.5. The van der Waals surface area contributed by atoms with E-state index in [0.29, 0.717) is 35.8 Å². The van der Waals surface area contributed by atoms with Crippen LogP contribution in [0.2, 0.25) is 0 Å². The van der Waals surface area contributed by atoms with E-state index in [0.717, 1.165) is 49.7 Å². The lowest BCUT2D eigenvalue weighted by atomic mass is 9.89. The summed E-state index contributed by atoms with van der Waals surface area (Å²) in [5.41, 5.74) is 4.02. The Labute approximate surface area is 196 Å². The van der Waals surface area contributed by atoms with Crippen molar-refractivity contribution >= 4 is 28.4 Å². The van der Waals surface area contributed by atoms with E-state index in [1.54, 1.807) is 23.1 Å². The minimum absolute atomic E-state index is 0.00899. The Morgan fingerprint density at radius 2 is 1.71 bits per heavy atom. The van der Waals surface area contributed by atoms with Gasteiger partial charge in [0.2, 0.25) is 0 Å². The summed E-state index contributed by atoms with van der Waals surface area (Å²) >= 11 is 0. The van der Waals surface area contributed by atoms with Gasteiger partial charge in [-0.2, -0.15) is 10.2 Å². The molecule has 6 heterocycles. The molecule has 0 radical (unpaired) electrons. The number of nitrogens with zero attached hydrogens (tertiary/aromatic N) is 6. The lowest BCUT2D eigenvalue weighted by molar-refractivity contribution is 0.0709. The van der Waals surface area contributed by atoms with Crippen LogP contribution >= 0.6 is 0 Å². The molecule has 6 rings (SSSR count). The second kappa shape index (κ2) is 8.55. The van der Waals surface area contributed by atoms with E-state index in [1.165, 1.54) is 12.0 Å². The maximum atomic E-state index is 13.1. The molecule has 0 aliphatic carbocycles. The lowest BCUT2D eigenvalue weighted by Crippen LogP contribution is -2.38. The Morgan fingerprint density at radius 3 is 2.53 bits per heavy atom. The lowest BCUT2D eigenvalue weighted by Gasteiger charge is -2.32. The number of nitrogens with one attached hydrogen (secondary N) is 1. The first kappa shape index (κ1) is 20.8. The number of hydrogen-bond donors (Lipinski definition) is 1. The molecule has 0 spiro atoms. The average molecular weight is 458 g/mol. The van der Waals surface area contributed by atoms with Gasteiger partial charge < -0.3 is 9.80 Å². The summed E-state index contributed by atoms with van der Waals surface area (Å²) in [5.74, 6) is 0.432. The Morgan fingerprint density at radius 1 is 0.912 bits per heavy atom. The minimum atomic E-state index is 0.00899. The third kappa shape index (κ3) is 3.70. The number of likely N-dealkylation sites (tertiary alicyclic amines) is 2. The molecule has 0 unspecified atom stereocenters. The van der Waals surface area contributed by atoms with E-state index < -0.39 is 0 Å². The summed E-state index contributed by atoms with van der Waals surface area (Å²) < 4.78 is 1.79. The topological polar surface area (TPSA) is 99.5 Å². The number of rotatable bonds is 3. The fraction of sp³-hybridized carbons (Fsp3) is 0.400. The van der Waals surface area contributed by atoms with Crippen molar-refractivity contribution in [1.29, 1.82) is 0 Å². The molecule has 2 fully saturated rings. The molecule has 0 aromatic carbocycles. The van der Waals surface area contributed by atoms with Gasteiger partial charge in [0.1, 0.15) is 0 Å². The first-order chi connectivity index (χ1) is 16.7. The summed E-state index contributed by atoms with van der Waals surface area (Å²) in [6.45, 7) is 3.03. The number of pyridine rings is 2. The van der Waals surface area contributed by atoms with Crippen LogP contribution in [-0.2, 0) is 0 Å². The number of fused-ring (bicyclic) bond motifs is 2. The van der Waals surface area contributed by atoms with Crippen molar-refractivity contribution < 1.29 is 9.59 Å². The van der Waals surface area contributed by atoms with Gasteiger partial charge in [-0.05, 0) is 61.8 Å². The van der Waals surface area contributed by atoms with Gasteiger partial charge in [-0.1, -0.05) is 0 Å². The number of amides is 2. The highest BCUT2D eigenvalue weighted by atomic mass is 16.2. The van der Waals surface area contributed by atoms with Crippen molar-refractivity contribution in [2.45, 2.75) is 38.0 Å². The van der Waals surface area contributed by atoms with Crippen molar-refractivity contribution in [2.75, 3.05) is 26.2 Å². The fourth-order valence-corrected chi connectivity index (χ4v) is 5.24. The molecule has 0 saturated carbocycles. The van der Waals surface area contributed by atoms with Gasteiger partial charge in [0.25, 0.3) is 11.8 Å². The number of piperidine rings is 2. The summed E-state index contributed by atoms with van der Waals surface area (Å²) in [7, 11) is 0. The average Bonchev–Trinajstić information content (AvgIpc) is 3.54. The summed E-state index contributed by atoms with van der Waals surface area (Å²) in [5, 5.41) is 12.0. The molecule has 174 valence electrons. The van der Waals surface area contributed by atoms with Crippen LogP contribution in [0, 0.1) is 0 Å². The zero-order chi connectivity index (χ0) is 23.1. The SMILES string of the molecule is O=C(c1cnc2[nH]ncc2c1)N1CCC(c2ccn3ncc(C(=O)N4CCCCC4)c3c2)CC1. The second-order valence-electron chi connectivity index (χ2n) is 9.30. The summed E-state index contributed by atoms with van der Waals surface area (Å²) in [4.78, 5) is 34.3. The molecule has 2 aliphatic heterocycles. The van der Waals surface area contributed by atoms with E-state index >= 15 is 0 Å². The fourth-order valence-electron chi connectivity index (χ4n) is 5.24. The van der Waals surface area contributed by atoms with E-state index in [-0.39, 0.29) is 11.8 Å². The predicted molar refractivity (Wildman–Crippen MR) is 127 cm³/mol. The van der Waals surface area contributed by atoms with E-state index in [4.69, 9.17) is 0 Å². The third-order valence-corrected chi connectivity index (χ3v) is 7.21. The molecule has 9 nitrogen and oxygen atoms in total. The molecule has 2 saturated heterocycles. The number of carbonyl (C=O) groups excluding carboxylic acids is 2. The molecule has 4 aromatic heterocycles. The number of aromatic nitrogens is 5. The maximum absolute atomic E-state index is 13.1. The Balaban J connectivity index is 1.17. The highest BCUT2D eigenvalue weighted by molar-refractivity contribution is 6.00. The largest absolute Gasteiger partial charge is 0.339 e. The van der Waals surface area contributed by atoms with Crippen LogP contribution in [0.5, 0.6) is 0 Å². The monoisotopic (exact) mass is 457 g/mol. The van der Waals surface area contributed by atoms with Crippen LogP contribution < -0.4 is 0 Å². The number of hydrogen-bond acceptors (Lipinski definition) is 5. The molecule has 2 amide bonds. The zero-order valence-electron chi connectivity index (χ0n) is 19.0.